The molecule has 2 saturated heterocycles. The van der Waals surface area contributed by atoms with Gasteiger partial charge in [0.05, 0.1) is 24.4 Å². The lowest BCUT2D eigenvalue weighted by Crippen LogP contribution is -2.61. The first-order valence-corrected chi connectivity index (χ1v) is 23.5. The van der Waals surface area contributed by atoms with E-state index in [-0.39, 0.29) is 48.9 Å². The van der Waals surface area contributed by atoms with Crippen LogP contribution in [0.4, 0.5) is 0 Å². The van der Waals surface area contributed by atoms with Crippen LogP contribution in [0.2, 0.25) is 0 Å². The molecule has 14 atom stereocenters. The van der Waals surface area contributed by atoms with Crippen LogP contribution in [0.3, 0.4) is 0 Å². The van der Waals surface area contributed by atoms with Crippen LogP contribution < -0.4 is 0 Å². The van der Waals surface area contributed by atoms with Crippen molar-refractivity contribution < 1.29 is 63.0 Å². The first-order valence-electron chi connectivity index (χ1n) is 23.5. The summed E-state index contributed by atoms with van der Waals surface area (Å²) in [5, 5.41) is 33.7. The number of hydrogen-bond acceptors (Lipinski definition) is 13. The fourth-order valence-corrected chi connectivity index (χ4v) is 9.77. The van der Waals surface area contributed by atoms with Gasteiger partial charge in [-0.05, 0) is 107 Å². The molecule has 360 valence electrons. The average Bonchev–Trinajstić information content (AvgIpc) is 3.28. The van der Waals surface area contributed by atoms with E-state index in [0.29, 0.717) is 69.8 Å². The zero-order valence-electron chi connectivity index (χ0n) is 39.7. The summed E-state index contributed by atoms with van der Waals surface area (Å²) in [7, 11) is 4.51. The zero-order valence-corrected chi connectivity index (χ0v) is 39.7. The van der Waals surface area contributed by atoms with Gasteiger partial charge in [-0.3, -0.25) is 19.2 Å². The first-order chi connectivity index (χ1) is 30.4. The van der Waals surface area contributed by atoms with E-state index in [1.165, 1.54) is 12.0 Å². The highest BCUT2D eigenvalue weighted by molar-refractivity contribution is 6.39. The van der Waals surface area contributed by atoms with Crippen molar-refractivity contribution in [2.45, 2.75) is 180 Å². The predicted molar refractivity (Wildman–Crippen MR) is 241 cm³/mol. The number of aliphatic hydroxyl groups is 3. The van der Waals surface area contributed by atoms with E-state index >= 15 is 0 Å². The van der Waals surface area contributed by atoms with Crippen LogP contribution in [-0.2, 0) is 47.7 Å². The number of allylic oxidation sites excluding steroid dienone is 6. The van der Waals surface area contributed by atoms with Gasteiger partial charge in [-0.25, -0.2) is 4.79 Å². The molecule has 0 unspecified atom stereocenters. The number of rotatable bonds is 6. The summed E-state index contributed by atoms with van der Waals surface area (Å²) in [6.45, 7) is 10.7. The Kier molecular flexibility index (Phi) is 20.8. The number of aliphatic hydroxyl groups excluding tert-OH is 2. The van der Waals surface area contributed by atoms with Gasteiger partial charge >= 0.3 is 5.97 Å². The normalized spacial score (nSPS) is 39.7. The Labute approximate surface area is 380 Å². The smallest absolute Gasteiger partial charge is 0.329 e. The number of carbonyl (C=O) groups excluding carboxylic acids is 5. The molecule has 0 radical (unpaired) electrons. The third-order valence-corrected chi connectivity index (χ3v) is 14.2. The van der Waals surface area contributed by atoms with E-state index < -0.39 is 83.9 Å². The number of Topliss-reactive ketones (excluding diaryl/α,β-unsaturated/α-hetero) is 3. The number of piperidine rings is 1. The van der Waals surface area contributed by atoms with Crippen LogP contribution in [0.15, 0.2) is 47.6 Å². The van der Waals surface area contributed by atoms with Gasteiger partial charge in [0.1, 0.15) is 30.1 Å². The second-order valence-corrected chi connectivity index (χ2v) is 19.0. The predicted octanol–water partition coefficient (Wildman–Crippen LogP) is 5.93. The topological polar surface area (TPSA) is 195 Å². The minimum atomic E-state index is -2.42. The van der Waals surface area contributed by atoms with Gasteiger partial charge in [-0.15, -0.1) is 0 Å². The van der Waals surface area contributed by atoms with Gasteiger partial charge in [0.25, 0.3) is 11.7 Å². The number of methoxy groups -OCH3 is 3. The quantitative estimate of drug-likeness (QED) is 0.161. The monoisotopic (exact) mass is 900 g/mol. The number of carbonyl (C=O) groups is 5. The lowest BCUT2D eigenvalue weighted by Gasteiger charge is -2.42. The second kappa shape index (κ2) is 25.0. The summed E-state index contributed by atoms with van der Waals surface area (Å²) in [5.41, 5.74) is 1.27. The van der Waals surface area contributed by atoms with Crippen LogP contribution in [0.25, 0.3) is 0 Å². The summed E-state index contributed by atoms with van der Waals surface area (Å²) in [6.07, 6.45) is 11.8. The van der Waals surface area contributed by atoms with Crippen molar-refractivity contribution in [3.63, 3.8) is 0 Å². The maximum Gasteiger partial charge on any atom is 0.329 e. The number of fused-ring (bicyclic) bond motifs is 3. The summed E-state index contributed by atoms with van der Waals surface area (Å²) in [6, 6.07) is -1.14. The Morgan fingerprint density at radius 3 is 2.28 bits per heavy atom. The lowest BCUT2D eigenvalue weighted by molar-refractivity contribution is -0.265. The largest absolute Gasteiger partial charge is 0.460 e. The van der Waals surface area contributed by atoms with Crippen molar-refractivity contribution in [1.29, 1.82) is 0 Å². The summed E-state index contributed by atoms with van der Waals surface area (Å²) in [5.74, 6) is -7.93. The van der Waals surface area contributed by atoms with Crippen molar-refractivity contribution in [2.24, 2.45) is 29.6 Å². The molecule has 4 aliphatic rings. The summed E-state index contributed by atoms with van der Waals surface area (Å²) in [4.78, 5) is 71.5. The molecule has 4 rings (SSSR count). The third-order valence-electron chi connectivity index (χ3n) is 14.2. The van der Waals surface area contributed by atoms with Gasteiger partial charge in [0.2, 0.25) is 5.79 Å². The van der Waals surface area contributed by atoms with Crippen LogP contribution in [0, 0.1) is 29.6 Å². The Morgan fingerprint density at radius 1 is 0.859 bits per heavy atom. The van der Waals surface area contributed by atoms with Crippen LogP contribution in [-0.4, -0.2) is 132 Å². The fraction of sp³-hybridized carbons (Fsp3) is 0.740. The fourth-order valence-electron chi connectivity index (χ4n) is 9.77. The number of amides is 1. The van der Waals surface area contributed by atoms with Gasteiger partial charge in [0, 0.05) is 58.5 Å². The van der Waals surface area contributed by atoms with E-state index in [1.54, 1.807) is 48.0 Å². The molecule has 14 nitrogen and oxygen atoms in total. The van der Waals surface area contributed by atoms with E-state index in [9.17, 15) is 39.3 Å². The van der Waals surface area contributed by atoms with Gasteiger partial charge in [-0.2, -0.15) is 0 Å². The van der Waals surface area contributed by atoms with Crippen LogP contribution in [0.5, 0.6) is 0 Å². The molecule has 0 aromatic heterocycles. The number of ether oxygens (including phenoxy) is 5. The second-order valence-electron chi connectivity index (χ2n) is 19.0. The molecule has 64 heavy (non-hydrogen) atoms. The Bertz CT molecular complexity index is 1720. The van der Waals surface area contributed by atoms with Crippen LogP contribution in [0.1, 0.15) is 125 Å². The van der Waals surface area contributed by atoms with E-state index in [0.717, 1.165) is 12.0 Å². The van der Waals surface area contributed by atoms with Gasteiger partial charge in [0.15, 0.2) is 5.78 Å². The summed E-state index contributed by atoms with van der Waals surface area (Å²) >= 11 is 0. The van der Waals surface area contributed by atoms with Gasteiger partial charge in [-0.1, -0.05) is 64.2 Å². The standard InChI is InChI=1S/C50H77NO13/c1-30-17-13-11-10-12-14-18-31(2)44(54)46(62-9)45(55)34(5)25-32(3)40(53)29-42(33(4)26-36-21-23-39(52)43(27-36)61-8)63-49(58)38-19-15-16-24-51(38)48(57)47(56)50(59)35(6)20-22-37(64-50)28-41(30)60-7/h10-13,17,25,31-33,35-39,41-43,45-46,52,55,59H,14-16,18-24,26-29H2,1-9H3/b12-10+,13-11+,30-17+,34-25-/t31-,32+,33-,35-,36-,37+,38+,39-,41+,42+,43-,45-,46+,50-/m1/s1. The molecule has 1 amide bonds. The van der Waals surface area contributed by atoms with E-state index in [1.807, 2.05) is 44.2 Å². The Morgan fingerprint density at radius 2 is 1.59 bits per heavy atom. The van der Waals surface area contributed by atoms with Crippen molar-refractivity contribution in [3.05, 3.63) is 47.6 Å². The van der Waals surface area contributed by atoms with E-state index in [4.69, 9.17) is 23.7 Å². The molecule has 3 aliphatic heterocycles. The molecular weight excluding hydrogens is 823 g/mol. The van der Waals surface area contributed by atoms with E-state index in [2.05, 4.69) is 0 Å². The molecular formula is C50H77NO13. The molecule has 0 aromatic rings. The van der Waals surface area contributed by atoms with Gasteiger partial charge < -0.3 is 43.9 Å². The Balaban J connectivity index is 1.69. The molecule has 3 N–H and O–H groups in total. The molecule has 2 bridgehead atoms. The molecule has 14 heteroatoms. The minimum Gasteiger partial charge on any atom is -0.460 e. The Hall–Kier alpha value is -3.37. The minimum absolute atomic E-state index is 0.0891. The van der Waals surface area contributed by atoms with Crippen LogP contribution >= 0.6 is 0 Å². The molecule has 3 fully saturated rings. The third kappa shape index (κ3) is 13.8. The highest BCUT2D eigenvalue weighted by Crippen LogP contribution is 2.37. The maximum absolute atomic E-state index is 14.3. The van der Waals surface area contributed by atoms with Crippen molar-refractivity contribution in [2.75, 3.05) is 27.9 Å². The zero-order chi connectivity index (χ0) is 47.3. The van der Waals surface area contributed by atoms with Crippen molar-refractivity contribution in [1.82, 2.24) is 4.90 Å². The molecule has 0 spiro atoms. The number of nitrogens with zero attached hydrogens (tertiary/aromatic N) is 1. The summed E-state index contributed by atoms with van der Waals surface area (Å²) < 4.78 is 29.3. The maximum atomic E-state index is 14.3. The highest BCUT2D eigenvalue weighted by atomic mass is 16.6. The number of hydrogen-bond donors (Lipinski definition) is 3. The molecule has 1 aliphatic carbocycles. The van der Waals surface area contributed by atoms with Crippen molar-refractivity contribution >= 4 is 29.2 Å². The number of cyclic esters (lactones) is 1. The number of esters is 1. The lowest BCUT2D eigenvalue weighted by atomic mass is 9.78. The highest BCUT2D eigenvalue weighted by Gasteiger charge is 2.53. The average molecular weight is 900 g/mol. The SMILES string of the molecule is CO[C@H]1C[C@@H]2CC[C@@H](C)[C@@](O)(O2)C(=O)C(=O)N2CCCC[C@H]2C(=O)O[C@H]([C@H](C)C[C@H]2CC[C@@H](O)[C@H](OC)C2)CC(=O)[C@@H](C)/C=C(/C)[C@@H](O)[C@@H](OC)C(=O)[C@H](C)CC/C=C/C=C/C=C/1C. The first kappa shape index (κ1) is 53.2. The number of ketones is 3. The van der Waals surface area contributed by atoms with Crippen molar-refractivity contribution in [3.8, 4) is 0 Å². The molecule has 0 aromatic carbocycles. The molecule has 3 heterocycles. The molecule has 1 saturated carbocycles.